The average Bonchev–Trinajstić information content (AvgIpc) is 3.34. The number of alkyl halides is 3. The lowest BCUT2D eigenvalue weighted by atomic mass is 10.1. The van der Waals surface area contributed by atoms with Gasteiger partial charge in [0.1, 0.15) is 28.9 Å². The SMILES string of the molecule is COc1ccc(-c2nc(COc3ccc(OCC(=O)O)c(C(C)=O)c3)sc2-c2ccc(C(F)(F)F)cc2)cc1. The van der Waals surface area contributed by atoms with Crippen molar-refractivity contribution in [3.05, 3.63) is 82.9 Å². The van der Waals surface area contributed by atoms with Crippen LogP contribution in [0.3, 0.4) is 0 Å². The Hall–Kier alpha value is -4.38. The number of carbonyl (C=O) groups excluding carboxylic acids is 1. The molecule has 0 aliphatic rings. The molecule has 7 nitrogen and oxygen atoms in total. The second-order valence-electron chi connectivity index (χ2n) is 8.27. The molecule has 0 spiro atoms. The fourth-order valence-electron chi connectivity index (χ4n) is 3.66. The summed E-state index contributed by atoms with van der Waals surface area (Å²) in [5.74, 6) is -0.407. The Morgan fingerprint density at radius 3 is 2.15 bits per heavy atom. The van der Waals surface area contributed by atoms with Crippen LogP contribution in [0.25, 0.3) is 21.7 Å². The van der Waals surface area contributed by atoms with E-state index in [0.29, 0.717) is 32.6 Å². The summed E-state index contributed by atoms with van der Waals surface area (Å²) in [4.78, 5) is 28.2. The quantitative estimate of drug-likeness (QED) is 0.216. The Kier molecular flexibility index (Phi) is 8.20. The topological polar surface area (TPSA) is 94.9 Å². The minimum absolute atomic E-state index is 0.0150. The summed E-state index contributed by atoms with van der Waals surface area (Å²) in [5, 5.41) is 9.38. The summed E-state index contributed by atoms with van der Waals surface area (Å²) in [7, 11) is 1.54. The summed E-state index contributed by atoms with van der Waals surface area (Å²) in [6.07, 6.45) is -4.45. The van der Waals surface area contributed by atoms with Crippen LogP contribution in [0.2, 0.25) is 0 Å². The number of carboxylic acid groups (broad SMARTS) is 1. The molecule has 3 aromatic carbocycles. The number of carbonyl (C=O) groups is 2. The fourth-order valence-corrected chi connectivity index (χ4v) is 4.67. The van der Waals surface area contributed by atoms with Crippen LogP contribution in [0, 0.1) is 0 Å². The van der Waals surface area contributed by atoms with Gasteiger partial charge < -0.3 is 19.3 Å². The number of benzene rings is 3. The van der Waals surface area contributed by atoms with Crippen LogP contribution in [0.1, 0.15) is 27.9 Å². The summed E-state index contributed by atoms with van der Waals surface area (Å²) in [6.45, 7) is 0.743. The van der Waals surface area contributed by atoms with Gasteiger partial charge in [0.25, 0.3) is 0 Å². The third-order valence-electron chi connectivity index (χ3n) is 5.55. The molecule has 11 heteroatoms. The standard InChI is InChI=1S/C28H22F3NO6S/c1-16(33)22-13-21(11-12-23(22)38-15-25(34)35)37-14-24-32-26(17-5-9-20(36-2)10-6-17)27(39-24)18-3-7-19(8-4-18)28(29,30)31/h3-13H,14-15H2,1-2H3,(H,34,35). The molecule has 0 bridgehead atoms. The van der Waals surface area contributed by atoms with Gasteiger partial charge in [-0.1, -0.05) is 12.1 Å². The number of aliphatic carboxylic acids is 1. The first-order chi connectivity index (χ1) is 18.5. The number of thiazole rings is 1. The van der Waals surface area contributed by atoms with Gasteiger partial charge in [-0.15, -0.1) is 11.3 Å². The molecule has 0 saturated carbocycles. The molecule has 0 saturated heterocycles. The summed E-state index contributed by atoms with van der Waals surface area (Å²) in [6, 6.07) is 16.5. The van der Waals surface area contributed by atoms with Crippen molar-refractivity contribution in [2.75, 3.05) is 13.7 Å². The fraction of sp³-hybridized carbons (Fsp3) is 0.179. The van der Waals surface area contributed by atoms with E-state index in [0.717, 1.165) is 17.7 Å². The molecule has 0 amide bonds. The molecular formula is C28H22F3NO6S. The van der Waals surface area contributed by atoms with Gasteiger partial charge in [0.2, 0.25) is 0 Å². The molecule has 0 unspecified atom stereocenters. The molecule has 39 heavy (non-hydrogen) atoms. The van der Waals surface area contributed by atoms with Crippen LogP contribution in [0.5, 0.6) is 17.2 Å². The van der Waals surface area contributed by atoms with E-state index in [1.54, 1.807) is 37.4 Å². The van der Waals surface area contributed by atoms with Crippen LogP contribution >= 0.6 is 11.3 Å². The molecule has 0 aliphatic carbocycles. The number of carboxylic acids is 1. The van der Waals surface area contributed by atoms with Crippen LogP contribution in [0.15, 0.2) is 66.7 Å². The number of rotatable bonds is 10. The molecule has 0 radical (unpaired) electrons. The first-order valence-electron chi connectivity index (χ1n) is 11.5. The van der Waals surface area contributed by atoms with Crippen LogP contribution < -0.4 is 14.2 Å². The van der Waals surface area contributed by atoms with E-state index >= 15 is 0 Å². The zero-order valence-corrected chi connectivity index (χ0v) is 21.6. The lowest BCUT2D eigenvalue weighted by molar-refractivity contribution is -0.139. The van der Waals surface area contributed by atoms with E-state index in [-0.39, 0.29) is 23.7 Å². The molecule has 202 valence electrons. The van der Waals surface area contributed by atoms with E-state index in [9.17, 15) is 22.8 Å². The van der Waals surface area contributed by atoms with Gasteiger partial charge in [0.15, 0.2) is 12.4 Å². The second-order valence-corrected chi connectivity index (χ2v) is 9.36. The van der Waals surface area contributed by atoms with Gasteiger partial charge in [-0.3, -0.25) is 4.79 Å². The van der Waals surface area contributed by atoms with Crippen molar-refractivity contribution in [1.82, 2.24) is 4.98 Å². The van der Waals surface area contributed by atoms with Crippen LogP contribution in [-0.4, -0.2) is 35.6 Å². The van der Waals surface area contributed by atoms with Crippen molar-refractivity contribution in [1.29, 1.82) is 0 Å². The monoisotopic (exact) mass is 557 g/mol. The molecule has 4 aromatic rings. The minimum atomic E-state index is -4.45. The average molecular weight is 558 g/mol. The van der Waals surface area contributed by atoms with Crippen molar-refractivity contribution in [3.8, 4) is 38.9 Å². The molecule has 0 aliphatic heterocycles. The Bertz CT molecular complexity index is 1480. The number of hydrogen-bond donors (Lipinski definition) is 1. The zero-order chi connectivity index (χ0) is 28.2. The third kappa shape index (κ3) is 6.74. The number of hydrogen-bond acceptors (Lipinski definition) is 7. The molecule has 1 heterocycles. The summed E-state index contributed by atoms with van der Waals surface area (Å²) in [5.41, 5.74) is 1.30. The smallest absolute Gasteiger partial charge is 0.416 e. The molecule has 0 atom stereocenters. The number of ketones is 1. The largest absolute Gasteiger partial charge is 0.497 e. The van der Waals surface area contributed by atoms with Gasteiger partial charge in [0.05, 0.1) is 28.8 Å². The van der Waals surface area contributed by atoms with Crippen molar-refractivity contribution >= 4 is 23.1 Å². The highest BCUT2D eigenvalue weighted by Crippen LogP contribution is 2.39. The first-order valence-corrected chi connectivity index (χ1v) is 12.3. The van der Waals surface area contributed by atoms with Gasteiger partial charge in [0, 0.05) is 5.56 Å². The number of Topliss-reactive ketones (excluding diaryl/α,β-unsaturated/α-hetero) is 1. The van der Waals surface area contributed by atoms with Crippen molar-refractivity contribution in [2.24, 2.45) is 0 Å². The molecule has 1 N–H and O–H groups in total. The second kappa shape index (κ2) is 11.6. The summed E-state index contributed by atoms with van der Waals surface area (Å²) < 4.78 is 55.5. The predicted molar refractivity (Wildman–Crippen MR) is 138 cm³/mol. The lowest BCUT2D eigenvalue weighted by Crippen LogP contribution is -2.11. The number of halogens is 3. The Morgan fingerprint density at radius 2 is 1.56 bits per heavy atom. The predicted octanol–water partition coefficient (Wildman–Crippen LogP) is 6.75. The Labute approximate surface area is 225 Å². The number of ether oxygens (including phenoxy) is 3. The van der Waals surface area contributed by atoms with Gasteiger partial charge in [-0.2, -0.15) is 13.2 Å². The molecule has 1 aromatic heterocycles. The highest BCUT2D eigenvalue weighted by atomic mass is 32.1. The highest BCUT2D eigenvalue weighted by Gasteiger charge is 2.30. The van der Waals surface area contributed by atoms with E-state index in [2.05, 4.69) is 0 Å². The number of aromatic nitrogens is 1. The van der Waals surface area contributed by atoms with Gasteiger partial charge in [-0.05, 0) is 67.1 Å². The van der Waals surface area contributed by atoms with E-state index in [4.69, 9.17) is 24.3 Å². The Morgan fingerprint density at radius 1 is 0.923 bits per heavy atom. The molecule has 0 fully saturated rings. The maximum absolute atomic E-state index is 13.1. The third-order valence-corrected chi connectivity index (χ3v) is 6.63. The maximum atomic E-state index is 13.1. The lowest BCUT2D eigenvalue weighted by Gasteiger charge is -2.10. The van der Waals surface area contributed by atoms with E-state index in [1.165, 1.54) is 42.5 Å². The first kappa shape index (κ1) is 27.6. The Balaban J connectivity index is 1.63. The molecular weight excluding hydrogens is 535 g/mol. The van der Waals surface area contributed by atoms with E-state index < -0.39 is 24.3 Å². The maximum Gasteiger partial charge on any atom is 0.416 e. The normalized spacial score (nSPS) is 11.2. The van der Waals surface area contributed by atoms with Crippen LogP contribution in [0.4, 0.5) is 13.2 Å². The van der Waals surface area contributed by atoms with Gasteiger partial charge in [-0.25, -0.2) is 9.78 Å². The minimum Gasteiger partial charge on any atom is -0.497 e. The number of nitrogens with zero attached hydrogens (tertiary/aromatic N) is 1. The van der Waals surface area contributed by atoms with Crippen molar-refractivity contribution in [2.45, 2.75) is 19.7 Å². The van der Waals surface area contributed by atoms with E-state index in [1.807, 2.05) is 0 Å². The summed E-state index contributed by atoms with van der Waals surface area (Å²) >= 11 is 1.27. The molecule has 4 rings (SSSR count). The van der Waals surface area contributed by atoms with Crippen molar-refractivity contribution in [3.63, 3.8) is 0 Å². The number of methoxy groups -OCH3 is 1. The van der Waals surface area contributed by atoms with Crippen LogP contribution in [-0.2, 0) is 17.6 Å². The van der Waals surface area contributed by atoms with Crippen molar-refractivity contribution < 1.29 is 42.1 Å². The zero-order valence-electron chi connectivity index (χ0n) is 20.7. The van der Waals surface area contributed by atoms with Gasteiger partial charge >= 0.3 is 12.1 Å². The highest BCUT2D eigenvalue weighted by molar-refractivity contribution is 7.15.